The van der Waals surface area contributed by atoms with Crippen LogP contribution in [0.5, 0.6) is 0 Å². The lowest BCUT2D eigenvalue weighted by atomic mass is 10.0. The number of benzene rings is 1. The number of para-hydroxylation sites is 1. The number of aromatic nitrogens is 1. The number of carbonyl (C=O) groups excluding carboxylic acids is 1. The first-order valence-electron chi connectivity index (χ1n) is 9.84. The summed E-state index contributed by atoms with van der Waals surface area (Å²) in [5.74, 6) is 0. The van der Waals surface area contributed by atoms with Crippen molar-refractivity contribution in [2.24, 2.45) is 0 Å². The molecule has 150 valence electrons. The number of carbonyl (C=O) groups is 1. The molecule has 1 aromatic carbocycles. The number of anilines is 1. The van der Waals surface area contributed by atoms with Crippen molar-refractivity contribution in [1.29, 1.82) is 0 Å². The van der Waals surface area contributed by atoms with Crippen molar-refractivity contribution in [3.05, 3.63) is 68.8 Å². The van der Waals surface area contributed by atoms with Gasteiger partial charge in [-0.15, -0.1) is 11.3 Å². The molecule has 2 aromatic heterocycles. The molecule has 7 heteroatoms. The summed E-state index contributed by atoms with van der Waals surface area (Å²) < 4.78 is 3.17. The largest absolute Gasteiger partial charge is 0.322 e. The van der Waals surface area contributed by atoms with Gasteiger partial charge in [-0.25, -0.2) is 4.79 Å². The zero-order valence-electron chi connectivity index (χ0n) is 16.5. The Morgan fingerprint density at radius 1 is 1.17 bits per heavy atom. The molecule has 1 atom stereocenters. The van der Waals surface area contributed by atoms with Gasteiger partial charge in [0.05, 0.1) is 18.3 Å². The van der Waals surface area contributed by atoms with Gasteiger partial charge in [0.15, 0.2) is 0 Å². The quantitative estimate of drug-likeness (QED) is 0.517. The van der Waals surface area contributed by atoms with E-state index in [0.717, 1.165) is 35.4 Å². The van der Waals surface area contributed by atoms with E-state index in [-0.39, 0.29) is 12.1 Å². The van der Waals surface area contributed by atoms with Gasteiger partial charge in [0.2, 0.25) is 0 Å². The molecule has 2 amide bonds. The van der Waals surface area contributed by atoms with E-state index in [1.54, 1.807) is 0 Å². The van der Waals surface area contributed by atoms with Crippen molar-refractivity contribution >= 4 is 39.0 Å². The summed E-state index contributed by atoms with van der Waals surface area (Å²) in [5, 5.41) is 4.37. The van der Waals surface area contributed by atoms with Crippen molar-refractivity contribution in [2.75, 3.05) is 18.9 Å². The van der Waals surface area contributed by atoms with E-state index in [1.165, 1.54) is 21.0 Å². The fourth-order valence-electron chi connectivity index (χ4n) is 4.32. The van der Waals surface area contributed by atoms with E-state index >= 15 is 0 Å². The topological polar surface area (TPSA) is 40.5 Å². The van der Waals surface area contributed by atoms with Crippen LogP contribution in [0, 0.1) is 0 Å². The summed E-state index contributed by atoms with van der Waals surface area (Å²) in [4.78, 5) is 19.1. The highest BCUT2D eigenvalue weighted by Gasteiger charge is 2.33. The van der Waals surface area contributed by atoms with E-state index in [0.29, 0.717) is 6.54 Å². The summed E-state index contributed by atoms with van der Waals surface area (Å²) in [6, 6.07) is 11.9. The molecule has 0 fully saturated rings. The van der Waals surface area contributed by atoms with E-state index in [4.69, 9.17) is 0 Å². The van der Waals surface area contributed by atoms with Gasteiger partial charge >= 0.3 is 6.03 Å². The Hall–Kier alpha value is -2.09. The van der Waals surface area contributed by atoms with Crippen LogP contribution in [0.1, 0.15) is 34.7 Å². The first kappa shape index (κ1) is 18.9. The molecule has 4 heterocycles. The zero-order valence-corrected chi connectivity index (χ0v) is 18.9. The van der Waals surface area contributed by atoms with Crippen LogP contribution < -0.4 is 5.32 Å². The molecule has 1 N–H and O–H groups in total. The maximum absolute atomic E-state index is 13.3. The smallest absolute Gasteiger partial charge is 0.312 e. The fourth-order valence-corrected chi connectivity index (χ4v) is 6.15. The van der Waals surface area contributed by atoms with Gasteiger partial charge in [-0.3, -0.25) is 0 Å². The molecular formula is C22H23BrN4OS. The third-order valence-corrected chi connectivity index (χ3v) is 7.89. The van der Waals surface area contributed by atoms with Crippen LogP contribution in [0.4, 0.5) is 10.5 Å². The van der Waals surface area contributed by atoms with Crippen molar-refractivity contribution < 1.29 is 4.79 Å². The van der Waals surface area contributed by atoms with Crippen LogP contribution in [-0.2, 0) is 19.5 Å². The average molecular weight is 471 g/mol. The SMILES string of the molecule is C[C@@H]1c2cccn2-c2sc3c(c2CN1C(=O)Nc1ccccc1Br)CCN(C)C3. The molecule has 0 aliphatic carbocycles. The molecule has 2 aliphatic heterocycles. The van der Waals surface area contributed by atoms with Gasteiger partial charge in [0, 0.05) is 39.9 Å². The molecular weight excluding hydrogens is 448 g/mol. The molecule has 0 unspecified atom stereocenters. The van der Waals surface area contributed by atoms with Crippen molar-refractivity contribution in [2.45, 2.75) is 32.5 Å². The molecule has 29 heavy (non-hydrogen) atoms. The van der Waals surface area contributed by atoms with E-state index in [2.05, 4.69) is 63.0 Å². The van der Waals surface area contributed by atoms with Gasteiger partial charge in [0.25, 0.3) is 0 Å². The highest BCUT2D eigenvalue weighted by atomic mass is 79.9. The molecule has 0 bridgehead atoms. The number of rotatable bonds is 1. The second-order valence-corrected chi connectivity index (χ2v) is 9.73. The number of amides is 2. The minimum absolute atomic E-state index is 0.0194. The maximum Gasteiger partial charge on any atom is 0.322 e. The molecule has 5 nitrogen and oxygen atoms in total. The Bertz CT molecular complexity index is 1090. The second kappa shape index (κ2) is 7.31. The standard InChI is InChI=1S/C22H23BrN4OS/c1-14-19-8-5-10-26(19)21-16(15-9-11-25(2)13-20(15)29-21)12-27(14)22(28)24-18-7-4-3-6-17(18)23/h3-8,10,14H,9,11-13H2,1-2H3,(H,24,28)/t14-/m1/s1. The predicted molar refractivity (Wildman–Crippen MR) is 121 cm³/mol. The molecule has 2 aliphatic rings. The molecule has 3 aromatic rings. The van der Waals surface area contributed by atoms with E-state index in [1.807, 2.05) is 40.5 Å². The number of fused-ring (bicyclic) bond motifs is 5. The lowest BCUT2D eigenvalue weighted by Crippen LogP contribution is -2.36. The summed E-state index contributed by atoms with van der Waals surface area (Å²) in [7, 11) is 2.18. The highest BCUT2D eigenvalue weighted by Crippen LogP contribution is 2.41. The summed E-state index contributed by atoms with van der Waals surface area (Å²) in [6.07, 6.45) is 3.17. The average Bonchev–Trinajstić information content (AvgIpc) is 3.29. The lowest BCUT2D eigenvalue weighted by molar-refractivity contribution is 0.189. The number of nitrogens with one attached hydrogen (secondary N) is 1. The third kappa shape index (κ3) is 3.21. The van der Waals surface area contributed by atoms with Gasteiger partial charge < -0.3 is 19.7 Å². The number of thiophene rings is 1. The number of urea groups is 1. The highest BCUT2D eigenvalue weighted by molar-refractivity contribution is 9.10. The van der Waals surface area contributed by atoms with Crippen molar-refractivity contribution in [1.82, 2.24) is 14.4 Å². The summed E-state index contributed by atoms with van der Waals surface area (Å²) in [5.41, 5.74) is 4.69. The Morgan fingerprint density at radius 3 is 2.83 bits per heavy atom. The molecule has 0 saturated heterocycles. The Labute approximate surface area is 183 Å². The summed E-state index contributed by atoms with van der Waals surface area (Å²) >= 11 is 5.41. The minimum atomic E-state index is -0.0714. The van der Waals surface area contributed by atoms with Gasteiger partial charge in [0.1, 0.15) is 5.00 Å². The first-order valence-corrected chi connectivity index (χ1v) is 11.5. The fraction of sp³-hybridized carbons (Fsp3) is 0.318. The molecule has 0 spiro atoms. The van der Waals surface area contributed by atoms with Crippen LogP contribution >= 0.6 is 27.3 Å². The first-order chi connectivity index (χ1) is 14.0. The van der Waals surface area contributed by atoms with Gasteiger partial charge in [-0.2, -0.15) is 0 Å². The maximum atomic E-state index is 13.3. The number of hydrogen-bond donors (Lipinski definition) is 1. The van der Waals surface area contributed by atoms with Crippen LogP contribution in [0.2, 0.25) is 0 Å². The second-order valence-electron chi connectivity index (χ2n) is 7.79. The van der Waals surface area contributed by atoms with E-state index in [9.17, 15) is 4.79 Å². The molecule has 0 radical (unpaired) electrons. The Morgan fingerprint density at radius 2 is 2.00 bits per heavy atom. The minimum Gasteiger partial charge on any atom is -0.312 e. The van der Waals surface area contributed by atoms with E-state index < -0.39 is 0 Å². The third-order valence-electron chi connectivity index (χ3n) is 5.94. The Balaban J connectivity index is 1.56. The molecule has 5 rings (SSSR count). The van der Waals surface area contributed by atoms with Crippen LogP contribution in [-0.4, -0.2) is 34.0 Å². The van der Waals surface area contributed by atoms with Crippen molar-refractivity contribution in [3.63, 3.8) is 0 Å². The lowest BCUT2D eigenvalue weighted by Gasteiger charge is -2.29. The Kier molecular flexibility index (Phi) is 4.76. The van der Waals surface area contributed by atoms with Crippen LogP contribution in [0.25, 0.3) is 5.00 Å². The van der Waals surface area contributed by atoms with Gasteiger partial charge in [-0.1, -0.05) is 12.1 Å². The predicted octanol–water partition coefficient (Wildman–Crippen LogP) is 5.40. The zero-order chi connectivity index (χ0) is 20.1. The van der Waals surface area contributed by atoms with Gasteiger partial charge in [-0.05, 0) is 66.2 Å². The number of hydrogen-bond acceptors (Lipinski definition) is 3. The van der Waals surface area contributed by atoms with Crippen molar-refractivity contribution in [3.8, 4) is 5.00 Å². The number of halogens is 1. The molecule has 0 saturated carbocycles. The number of likely N-dealkylation sites (N-methyl/N-ethyl adjacent to an activating group) is 1. The monoisotopic (exact) mass is 470 g/mol. The van der Waals surface area contributed by atoms with Crippen LogP contribution in [0.3, 0.4) is 0 Å². The number of nitrogens with zero attached hydrogens (tertiary/aromatic N) is 3. The van der Waals surface area contributed by atoms with Crippen LogP contribution in [0.15, 0.2) is 47.1 Å². The normalized spacial score (nSPS) is 18.6. The summed E-state index contributed by atoms with van der Waals surface area (Å²) in [6.45, 7) is 4.79.